The third-order valence-corrected chi connectivity index (χ3v) is 7.95. The van der Waals surface area contributed by atoms with E-state index in [1.807, 2.05) is 0 Å². The number of para-hydroxylation sites is 1. The summed E-state index contributed by atoms with van der Waals surface area (Å²) in [5.41, 5.74) is 5.54. The van der Waals surface area contributed by atoms with E-state index < -0.39 is 0 Å². The first-order valence-electron chi connectivity index (χ1n) is 12.3. The number of likely N-dealkylation sites (N-methyl/N-ethyl adjacent to an activating group) is 1. The maximum atomic E-state index is 3.69. The molecule has 2 N–H and O–H groups in total. The molecule has 1 aromatic heterocycles. The largest absolute Gasteiger partial charge is 0.361 e. The van der Waals surface area contributed by atoms with Gasteiger partial charge in [-0.25, -0.2) is 0 Å². The number of fused-ring (bicyclic) bond motifs is 1. The van der Waals surface area contributed by atoms with E-state index in [0.717, 1.165) is 19.3 Å². The lowest BCUT2D eigenvalue weighted by Gasteiger charge is -2.45. The predicted molar refractivity (Wildman–Crippen MR) is 138 cm³/mol. The van der Waals surface area contributed by atoms with E-state index in [2.05, 4.69) is 120 Å². The molecule has 3 heteroatoms. The van der Waals surface area contributed by atoms with Crippen LogP contribution in [0.4, 0.5) is 0 Å². The fraction of sp³-hybridized carbons (Fsp3) is 0.333. The fourth-order valence-corrected chi connectivity index (χ4v) is 5.88. The van der Waals surface area contributed by atoms with Crippen LogP contribution < -0.4 is 5.32 Å². The highest BCUT2D eigenvalue weighted by Gasteiger charge is 2.38. The van der Waals surface area contributed by atoms with Gasteiger partial charge in [0.25, 0.3) is 0 Å². The van der Waals surface area contributed by atoms with E-state index in [0.29, 0.717) is 12.1 Å². The van der Waals surface area contributed by atoms with Gasteiger partial charge in [0.15, 0.2) is 0 Å². The number of aromatic amines is 1. The van der Waals surface area contributed by atoms with Gasteiger partial charge in [0.1, 0.15) is 0 Å². The molecule has 170 valence electrons. The van der Waals surface area contributed by atoms with Crippen molar-refractivity contribution in [2.45, 2.75) is 49.7 Å². The molecule has 0 amide bonds. The van der Waals surface area contributed by atoms with Crippen molar-refractivity contribution in [2.24, 2.45) is 0 Å². The van der Waals surface area contributed by atoms with Crippen molar-refractivity contribution in [1.82, 2.24) is 15.2 Å². The van der Waals surface area contributed by atoms with Gasteiger partial charge in [-0.3, -0.25) is 4.90 Å². The number of nitrogens with one attached hydrogen (secondary N) is 2. The Hall–Kier alpha value is -2.88. The van der Waals surface area contributed by atoms with Gasteiger partial charge < -0.3 is 10.3 Å². The minimum Gasteiger partial charge on any atom is -0.361 e. The van der Waals surface area contributed by atoms with Crippen molar-refractivity contribution in [3.8, 4) is 0 Å². The average molecular weight is 438 g/mol. The molecule has 3 aromatic carbocycles. The van der Waals surface area contributed by atoms with Crippen molar-refractivity contribution in [3.05, 3.63) is 108 Å². The summed E-state index contributed by atoms with van der Waals surface area (Å²) in [5.74, 6) is 0. The number of nitrogens with zero attached hydrogens (tertiary/aromatic N) is 1. The summed E-state index contributed by atoms with van der Waals surface area (Å²) in [6.45, 7) is 0. The minimum atomic E-state index is 0.0949. The Kier molecular flexibility index (Phi) is 6.34. The normalized spacial score (nSPS) is 22.0. The first-order valence-corrected chi connectivity index (χ1v) is 12.3. The Morgan fingerprint density at radius 1 is 0.909 bits per heavy atom. The van der Waals surface area contributed by atoms with Gasteiger partial charge in [-0.1, -0.05) is 78.9 Å². The lowest BCUT2D eigenvalue weighted by Crippen LogP contribution is -2.48. The highest BCUT2D eigenvalue weighted by Crippen LogP contribution is 2.40. The summed E-state index contributed by atoms with van der Waals surface area (Å²) in [6, 6.07) is 31.6. The molecule has 5 rings (SSSR count). The highest BCUT2D eigenvalue weighted by atomic mass is 15.2. The zero-order chi connectivity index (χ0) is 22.7. The zero-order valence-corrected chi connectivity index (χ0v) is 19.8. The molecule has 1 aliphatic carbocycles. The summed E-state index contributed by atoms with van der Waals surface area (Å²) >= 11 is 0. The first-order chi connectivity index (χ1) is 16.2. The summed E-state index contributed by atoms with van der Waals surface area (Å²) < 4.78 is 0. The van der Waals surface area contributed by atoms with Gasteiger partial charge in [0, 0.05) is 34.7 Å². The van der Waals surface area contributed by atoms with E-state index >= 15 is 0 Å². The Balaban J connectivity index is 1.38. The van der Waals surface area contributed by atoms with Gasteiger partial charge >= 0.3 is 0 Å². The van der Waals surface area contributed by atoms with Crippen LogP contribution >= 0.6 is 0 Å². The number of H-pyrrole nitrogens is 1. The predicted octanol–water partition coefficient (Wildman–Crippen LogP) is 6.44. The fourth-order valence-electron chi connectivity index (χ4n) is 5.88. The summed E-state index contributed by atoms with van der Waals surface area (Å²) in [5, 5.41) is 5.03. The van der Waals surface area contributed by atoms with Crippen molar-refractivity contribution in [2.75, 3.05) is 14.1 Å². The maximum Gasteiger partial charge on any atom is 0.0456 e. The van der Waals surface area contributed by atoms with Crippen LogP contribution in [0, 0.1) is 0 Å². The molecule has 4 aromatic rings. The molecule has 1 fully saturated rings. The second-order valence-corrected chi connectivity index (χ2v) is 9.58. The quantitative estimate of drug-likeness (QED) is 0.348. The summed E-state index contributed by atoms with van der Waals surface area (Å²) in [7, 11) is 4.47. The van der Waals surface area contributed by atoms with Crippen LogP contribution in [-0.2, 0) is 12.0 Å². The molecule has 0 saturated heterocycles. The third-order valence-electron chi connectivity index (χ3n) is 7.95. The van der Waals surface area contributed by atoms with Gasteiger partial charge in [-0.15, -0.1) is 0 Å². The number of hydrogen-bond donors (Lipinski definition) is 2. The van der Waals surface area contributed by atoms with Gasteiger partial charge in [0.2, 0.25) is 0 Å². The van der Waals surface area contributed by atoms with Crippen LogP contribution in [0.1, 0.15) is 48.4 Å². The Morgan fingerprint density at radius 2 is 1.55 bits per heavy atom. The van der Waals surface area contributed by atoms with Crippen LogP contribution in [0.2, 0.25) is 0 Å². The Morgan fingerprint density at radius 3 is 2.24 bits per heavy atom. The molecule has 0 bridgehead atoms. The van der Waals surface area contributed by atoms with Crippen molar-refractivity contribution in [3.63, 3.8) is 0 Å². The smallest absolute Gasteiger partial charge is 0.0456 e. The summed E-state index contributed by atoms with van der Waals surface area (Å²) in [6.07, 6.45) is 7.94. The van der Waals surface area contributed by atoms with E-state index in [4.69, 9.17) is 0 Å². The van der Waals surface area contributed by atoms with Crippen molar-refractivity contribution >= 4 is 10.9 Å². The zero-order valence-electron chi connectivity index (χ0n) is 19.8. The second-order valence-electron chi connectivity index (χ2n) is 9.58. The van der Waals surface area contributed by atoms with Crippen LogP contribution in [0.3, 0.4) is 0 Å². The summed E-state index contributed by atoms with van der Waals surface area (Å²) in [4.78, 5) is 6.13. The molecule has 1 saturated carbocycles. The second kappa shape index (κ2) is 9.54. The first kappa shape index (κ1) is 21.9. The molecule has 1 atom stereocenters. The van der Waals surface area contributed by atoms with E-state index in [-0.39, 0.29) is 5.54 Å². The number of benzene rings is 3. The highest BCUT2D eigenvalue weighted by molar-refractivity contribution is 5.83. The van der Waals surface area contributed by atoms with E-state index in [1.165, 1.54) is 40.4 Å². The molecule has 1 aliphatic rings. The molecular formula is C30H35N3. The van der Waals surface area contributed by atoms with Gasteiger partial charge in [-0.2, -0.15) is 0 Å². The average Bonchev–Trinajstić information content (AvgIpc) is 3.31. The van der Waals surface area contributed by atoms with E-state index in [9.17, 15) is 0 Å². The van der Waals surface area contributed by atoms with Crippen LogP contribution in [-0.4, -0.2) is 30.0 Å². The topological polar surface area (TPSA) is 31.1 Å². The van der Waals surface area contributed by atoms with E-state index in [1.54, 1.807) is 0 Å². The number of aromatic nitrogens is 1. The standard InChI is InChI=1S/C30H35N3/c1-31-30(25-13-7-4-8-14-25)19-17-26(18-20-30)33(2)29(23-11-5-3-6-12-23)21-24-22-32-28-16-10-9-15-27(24)28/h3-16,22,26,29,31-32H,17-21H2,1-2H3. The molecule has 0 aliphatic heterocycles. The molecule has 0 spiro atoms. The molecule has 0 radical (unpaired) electrons. The minimum absolute atomic E-state index is 0.0949. The molecule has 1 heterocycles. The van der Waals surface area contributed by atoms with Gasteiger partial charge in [-0.05, 0) is 69.0 Å². The van der Waals surface area contributed by atoms with Crippen LogP contribution in [0.15, 0.2) is 91.1 Å². The van der Waals surface area contributed by atoms with Crippen molar-refractivity contribution < 1.29 is 0 Å². The SMILES string of the molecule is CNC1(c2ccccc2)CCC(N(C)C(Cc2c[nH]c3ccccc23)c2ccccc2)CC1. The monoisotopic (exact) mass is 437 g/mol. The number of rotatable bonds is 7. The molecule has 1 unspecified atom stereocenters. The Bertz CT molecular complexity index is 1160. The lowest BCUT2D eigenvalue weighted by molar-refractivity contribution is 0.0988. The third kappa shape index (κ3) is 4.36. The number of hydrogen-bond acceptors (Lipinski definition) is 2. The van der Waals surface area contributed by atoms with Crippen LogP contribution in [0.5, 0.6) is 0 Å². The lowest BCUT2D eigenvalue weighted by atomic mass is 9.74. The molecule has 33 heavy (non-hydrogen) atoms. The Labute approximate surface area is 197 Å². The van der Waals surface area contributed by atoms with Gasteiger partial charge in [0.05, 0.1) is 0 Å². The maximum absolute atomic E-state index is 3.69. The molecular weight excluding hydrogens is 402 g/mol. The molecule has 3 nitrogen and oxygen atoms in total. The van der Waals surface area contributed by atoms with Crippen molar-refractivity contribution in [1.29, 1.82) is 0 Å². The van der Waals surface area contributed by atoms with Crippen LogP contribution in [0.25, 0.3) is 10.9 Å².